The number of methoxy groups -OCH3 is 1. The molecule has 8 nitrogen and oxygen atoms in total. The summed E-state index contributed by atoms with van der Waals surface area (Å²) < 4.78 is 23.9. The fourth-order valence-electron chi connectivity index (χ4n) is 2.81. The Labute approximate surface area is 173 Å². The van der Waals surface area contributed by atoms with Gasteiger partial charge in [-0.1, -0.05) is 11.6 Å². The number of benzene rings is 1. The van der Waals surface area contributed by atoms with Gasteiger partial charge in [-0.15, -0.1) is 0 Å². The molecule has 0 aliphatic rings. The number of hydrogen-bond donors (Lipinski definition) is 1. The molecule has 0 spiro atoms. The maximum Gasteiger partial charge on any atom is 0.299 e. The van der Waals surface area contributed by atoms with Gasteiger partial charge in [-0.2, -0.15) is 5.26 Å². The van der Waals surface area contributed by atoms with Crippen molar-refractivity contribution in [3.05, 3.63) is 84.2 Å². The fraction of sp³-hybridized carbons (Fsp3) is 0.100. The standard InChI is InChI=1S/C20H13ClFN3O5/c1-29-10-14-13(9-23)20(26)24-17(19(14)25(27)28)6-3-12-4-7-18(30-12)11-2-5-16(22)15(21)8-11/h2-8H,10H2,1H3,(H,24,26)/b6-3+. The van der Waals surface area contributed by atoms with Crippen molar-refractivity contribution < 1.29 is 18.5 Å². The number of nitro groups is 1. The van der Waals surface area contributed by atoms with Gasteiger partial charge >= 0.3 is 0 Å². The summed E-state index contributed by atoms with van der Waals surface area (Å²) in [6, 6.07) is 8.98. The average molecular weight is 430 g/mol. The Bertz CT molecular complexity index is 1260. The van der Waals surface area contributed by atoms with Gasteiger partial charge < -0.3 is 14.1 Å². The van der Waals surface area contributed by atoms with Crippen LogP contribution in [0.2, 0.25) is 5.02 Å². The molecule has 1 N–H and O–H groups in total. The number of rotatable bonds is 6. The molecule has 0 atom stereocenters. The molecule has 10 heteroatoms. The summed E-state index contributed by atoms with van der Waals surface area (Å²) in [6.07, 6.45) is 2.70. The molecular formula is C20H13ClFN3O5. The van der Waals surface area contributed by atoms with Crippen LogP contribution in [0.5, 0.6) is 0 Å². The van der Waals surface area contributed by atoms with E-state index in [1.54, 1.807) is 18.2 Å². The van der Waals surface area contributed by atoms with Gasteiger partial charge in [0, 0.05) is 12.7 Å². The van der Waals surface area contributed by atoms with Crippen LogP contribution in [-0.2, 0) is 11.3 Å². The topological polar surface area (TPSA) is 122 Å². The third-order valence-corrected chi connectivity index (χ3v) is 4.44. The van der Waals surface area contributed by atoms with Crippen molar-refractivity contribution in [1.82, 2.24) is 4.98 Å². The molecule has 3 aromatic rings. The molecule has 0 aliphatic carbocycles. The lowest BCUT2D eigenvalue weighted by molar-refractivity contribution is -0.386. The third-order valence-electron chi connectivity index (χ3n) is 4.15. The fourth-order valence-corrected chi connectivity index (χ4v) is 2.99. The summed E-state index contributed by atoms with van der Waals surface area (Å²) in [5, 5.41) is 20.7. The molecule has 30 heavy (non-hydrogen) atoms. The summed E-state index contributed by atoms with van der Waals surface area (Å²) in [5.41, 5.74) is -1.28. The lowest BCUT2D eigenvalue weighted by Gasteiger charge is -2.06. The first-order valence-corrected chi connectivity index (χ1v) is 8.79. The van der Waals surface area contributed by atoms with E-state index in [0.717, 1.165) is 0 Å². The van der Waals surface area contributed by atoms with Crippen LogP contribution >= 0.6 is 11.6 Å². The highest BCUT2D eigenvalue weighted by Gasteiger charge is 2.25. The SMILES string of the molecule is COCc1c([N+](=O)[O-])c(/C=C/c2ccc(-c3ccc(F)c(Cl)c3)o2)[nH]c(=O)c1C#N. The maximum atomic E-state index is 13.3. The molecule has 0 saturated heterocycles. The Morgan fingerprint density at radius 1 is 1.37 bits per heavy atom. The number of aromatic amines is 1. The highest BCUT2D eigenvalue weighted by atomic mass is 35.5. The Kier molecular flexibility index (Phi) is 6.11. The molecule has 0 fully saturated rings. The largest absolute Gasteiger partial charge is 0.457 e. The second kappa shape index (κ2) is 8.73. The number of halogens is 2. The first kappa shape index (κ1) is 21.0. The van der Waals surface area contributed by atoms with Gasteiger partial charge in [0.1, 0.15) is 34.7 Å². The van der Waals surface area contributed by atoms with Crippen LogP contribution in [0.25, 0.3) is 23.5 Å². The minimum absolute atomic E-state index is 0.0579. The summed E-state index contributed by atoms with van der Waals surface area (Å²) in [6.45, 7) is -0.278. The highest BCUT2D eigenvalue weighted by Crippen LogP contribution is 2.29. The van der Waals surface area contributed by atoms with Gasteiger partial charge in [-0.05, 0) is 42.5 Å². The van der Waals surface area contributed by atoms with Gasteiger partial charge in [0.2, 0.25) is 0 Å². The first-order valence-electron chi connectivity index (χ1n) is 8.41. The Morgan fingerprint density at radius 3 is 2.77 bits per heavy atom. The summed E-state index contributed by atoms with van der Waals surface area (Å²) in [5.74, 6) is 0.161. The number of nitrogens with one attached hydrogen (secondary N) is 1. The van der Waals surface area contributed by atoms with E-state index in [4.69, 9.17) is 26.0 Å². The third kappa shape index (κ3) is 4.15. The van der Waals surface area contributed by atoms with E-state index in [9.17, 15) is 19.3 Å². The van der Waals surface area contributed by atoms with Crippen LogP contribution in [0.3, 0.4) is 0 Å². The van der Waals surface area contributed by atoms with Crippen molar-refractivity contribution in [3.63, 3.8) is 0 Å². The maximum absolute atomic E-state index is 13.3. The van der Waals surface area contributed by atoms with Gasteiger partial charge in [-0.25, -0.2) is 4.39 Å². The van der Waals surface area contributed by atoms with Crippen LogP contribution in [0.15, 0.2) is 39.5 Å². The second-order valence-corrected chi connectivity index (χ2v) is 6.44. The minimum atomic E-state index is -0.768. The molecule has 0 amide bonds. The van der Waals surface area contributed by atoms with E-state index >= 15 is 0 Å². The number of aromatic nitrogens is 1. The zero-order valence-electron chi connectivity index (χ0n) is 15.4. The van der Waals surface area contributed by atoms with Gasteiger partial charge in [0.05, 0.1) is 22.1 Å². The van der Waals surface area contributed by atoms with Gasteiger partial charge in [0.15, 0.2) is 0 Å². The monoisotopic (exact) mass is 429 g/mol. The summed E-state index contributed by atoms with van der Waals surface area (Å²) in [4.78, 5) is 25.4. The number of hydrogen-bond acceptors (Lipinski definition) is 6. The van der Waals surface area contributed by atoms with Crippen molar-refractivity contribution >= 4 is 29.4 Å². The molecule has 0 aliphatic heterocycles. The molecule has 2 heterocycles. The van der Waals surface area contributed by atoms with E-state index in [0.29, 0.717) is 17.1 Å². The zero-order valence-corrected chi connectivity index (χ0v) is 16.2. The number of furan rings is 1. The number of H-pyrrole nitrogens is 1. The van der Waals surface area contributed by atoms with Gasteiger partial charge in [0.25, 0.3) is 11.2 Å². The van der Waals surface area contributed by atoms with Gasteiger partial charge in [-0.3, -0.25) is 14.9 Å². The molecular weight excluding hydrogens is 417 g/mol. The zero-order chi connectivity index (χ0) is 21.8. The van der Waals surface area contributed by atoms with Crippen molar-refractivity contribution in [2.24, 2.45) is 0 Å². The molecule has 0 radical (unpaired) electrons. The average Bonchev–Trinajstić information content (AvgIpc) is 3.17. The van der Waals surface area contributed by atoms with Crippen LogP contribution in [0.4, 0.5) is 10.1 Å². The second-order valence-electron chi connectivity index (χ2n) is 6.04. The van der Waals surface area contributed by atoms with Crippen molar-refractivity contribution in [2.45, 2.75) is 6.61 Å². The lowest BCUT2D eigenvalue weighted by Crippen LogP contribution is -2.18. The molecule has 3 rings (SSSR count). The quantitative estimate of drug-likeness (QED) is 0.454. The molecule has 1 aromatic carbocycles. The van der Waals surface area contributed by atoms with Crippen molar-refractivity contribution in [1.29, 1.82) is 5.26 Å². The predicted octanol–water partition coefficient (Wildman–Crippen LogP) is 4.52. The van der Waals surface area contributed by atoms with Crippen molar-refractivity contribution in [3.8, 4) is 17.4 Å². The van der Waals surface area contributed by atoms with Crippen LogP contribution in [0, 0.1) is 27.3 Å². The molecule has 0 saturated carbocycles. The predicted molar refractivity (Wildman–Crippen MR) is 107 cm³/mol. The molecule has 0 unspecified atom stereocenters. The number of ether oxygens (including phenoxy) is 1. The lowest BCUT2D eigenvalue weighted by atomic mass is 10.1. The number of nitriles is 1. The normalized spacial score (nSPS) is 11.0. The van der Waals surface area contributed by atoms with Crippen LogP contribution in [0.1, 0.15) is 22.6 Å². The van der Waals surface area contributed by atoms with E-state index in [-0.39, 0.29) is 28.5 Å². The Morgan fingerprint density at radius 2 is 2.13 bits per heavy atom. The van der Waals surface area contributed by atoms with Crippen LogP contribution < -0.4 is 5.56 Å². The smallest absolute Gasteiger partial charge is 0.299 e. The summed E-state index contributed by atoms with van der Waals surface area (Å²) in [7, 11) is 1.30. The molecule has 0 bridgehead atoms. The number of nitrogens with zero attached hydrogens (tertiary/aromatic N) is 2. The first-order chi connectivity index (χ1) is 14.3. The molecule has 152 valence electrons. The minimum Gasteiger partial charge on any atom is -0.457 e. The van der Waals surface area contributed by atoms with E-state index < -0.39 is 22.0 Å². The van der Waals surface area contributed by atoms with E-state index in [2.05, 4.69) is 4.98 Å². The highest BCUT2D eigenvalue weighted by molar-refractivity contribution is 6.31. The summed E-state index contributed by atoms with van der Waals surface area (Å²) >= 11 is 5.78. The Hall–Kier alpha value is -3.74. The van der Waals surface area contributed by atoms with Crippen LogP contribution in [-0.4, -0.2) is 17.0 Å². The molecule has 2 aromatic heterocycles. The van der Waals surface area contributed by atoms with E-state index in [1.165, 1.54) is 37.5 Å². The van der Waals surface area contributed by atoms with Crippen molar-refractivity contribution in [2.75, 3.05) is 7.11 Å². The number of pyridine rings is 1. The Balaban J connectivity index is 2.01. The van der Waals surface area contributed by atoms with E-state index in [1.807, 2.05) is 0 Å².